The van der Waals surface area contributed by atoms with Gasteiger partial charge in [-0.1, -0.05) is 30.0 Å². The number of carbonyl (C=O) groups excluding carboxylic acids is 2. The van der Waals surface area contributed by atoms with Crippen LogP contribution in [0.5, 0.6) is 0 Å². The van der Waals surface area contributed by atoms with Crippen LogP contribution in [0.15, 0.2) is 41.3 Å². The molecule has 1 fully saturated rings. The first kappa shape index (κ1) is 29.1. The van der Waals surface area contributed by atoms with E-state index in [1.165, 1.54) is 29.2 Å². The largest absolute Gasteiger partial charge is 0.480 e. The number of carbonyl (C=O) groups is 3. The maximum atomic E-state index is 13.2. The van der Waals surface area contributed by atoms with Crippen LogP contribution in [0.2, 0.25) is 0 Å². The summed E-state index contributed by atoms with van der Waals surface area (Å²) in [6.45, 7) is -0.465. The van der Waals surface area contributed by atoms with Gasteiger partial charge in [-0.2, -0.15) is 26.3 Å². The smallest absolute Gasteiger partial charge is 0.416 e. The van der Waals surface area contributed by atoms with Gasteiger partial charge in [0, 0.05) is 18.5 Å². The minimum absolute atomic E-state index is 0.0223. The van der Waals surface area contributed by atoms with Gasteiger partial charge in [0.05, 0.1) is 27.4 Å². The van der Waals surface area contributed by atoms with E-state index in [0.717, 1.165) is 11.8 Å². The molecule has 202 valence electrons. The summed E-state index contributed by atoms with van der Waals surface area (Å²) in [6.07, 6.45) is -8.59. The fraction of sp³-hybridized carbons (Fsp3) is 0.261. The lowest BCUT2D eigenvalue weighted by atomic mass is 10.0. The number of thiocarbonyl (C=S) groups is 1. The van der Waals surface area contributed by atoms with Gasteiger partial charge >= 0.3 is 18.3 Å². The second kappa shape index (κ2) is 11.5. The molecule has 1 saturated heterocycles. The Morgan fingerprint density at radius 2 is 1.71 bits per heavy atom. The fourth-order valence-electron chi connectivity index (χ4n) is 3.28. The molecule has 2 amide bonds. The Balaban J connectivity index is 1.79. The molecule has 1 aliphatic heterocycles. The Morgan fingerprint density at radius 3 is 2.29 bits per heavy atom. The Kier molecular flexibility index (Phi) is 8.82. The molecule has 1 aromatic carbocycles. The van der Waals surface area contributed by atoms with Crippen LogP contribution in [0.25, 0.3) is 17.3 Å². The number of aromatic nitrogens is 1. The summed E-state index contributed by atoms with van der Waals surface area (Å²) in [6, 6.07) is 5.18. The molecule has 1 aliphatic rings. The van der Waals surface area contributed by atoms with E-state index < -0.39 is 53.4 Å². The lowest BCUT2D eigenvalue weighted by Crippen LogP contribution is -2.32. The van der Waals surface area contributed by atoms with Gasteiger partial charge in [-0.05, 0) is 42.8 Å². The van der Waals surface area contributed by atoms with Gasteiger partial charge in [0.2, 0.25) is 5.91 Å². The number of pyridine rings is 1. The highest BCUT2D eigenvalue weighted by Gasteiger charge is 2.37. The van der Waals surface area contributed by atoms with E-state index in [-0.39, 0.29) is 46.1 Å². The number of hydrogen-bond acceptors (Lipinski definition) is 6. The van der Waals surface area contributed by atoms with Gasteiger partial charge in [-0.25, -0.2) is 4.98 Å². The number of carboxylic acids is 1. The summed E-state index contributed by atoms with van der Waals surface area (Å²) in [4.78, 5) is 40.3. The Bertz CT molecular complexity index is 1280. The molecule has 2 aromatic rings. The molecular formula is C23H17F6N3O4S2. The molecule has 3 rings (SSSR count). The van der Waals surface area contributed by atoms with Gasteiger partial charge in [0.1, 0.15) is 10.9 Å². The monoisotopic (exact) mass is 577 g/mol. The van der Waals surface area contributed by atoms with Gasteiger partial charge < -0.3 is 10.4 Å². The van der Waals surface area contributed by atoms with Crippen molar-refractivity contribution in [3.63, 3.8) is 0 Å². The zero-order valence-corrected chi connectivity index (χ0v) is 20.7. The lowest BCUT2D eigenvalue weighted by Gasteiger charge is -2.14. The van der Waals surface area contributed by atoms with Gasteiger partial charge in [0.25, 0.3) is 5.91 Å². The normalized spacial score (nSPS) is 15.3. The molecule has 0 spiro atoms. The van der Waals surface area contributed by atoms with Crippen LogP contribution < -0.4 is 5.32 Å². The quantitative estimate of drug-likeness (QED) is 0.260. The third-order valence-electron chi connectivity index (χ3n) is 5.03. The molecule has 2 N–H and O–H groups in total. The molecule has 7 nitrogen and oxygen atoms in total. The van der Waals surface area contributed by atoms with Crippen molar-refractivity contribution >= 4 is 52.2 Å². The van der Waals surface area contributed by atoms with Crippen LogP contribution in [-0.2, 0) is 26.7 Å². The number of nitrogens with zero attached hydrogens (tertiary/aromatic N) is 2. The number of rotatable bonds is 8. The van der Waals surface area contributed by atoms with Gasteiger partial charge in [-0.15, -0.1) is 0 Å². The average Bonchev–Trinajstić information content (AvgIpc) is 3.08. The number of hydrogen-bond donors (Lipinski definition) is 2. The summed E-state index contributed by atoms with van der Waals surface area (Å²) in [5, 5.41) is 10.8. The number of nitrogens with one attached hydrogen (secondary N) is 1. The molecule has 0 bridgehead atoms. The van der Waals surface area contributed by atoms with Crippen molar-refractivity contribution in [1.29, 1.82) is 0 Å². The van der Waals surface area contributed by atoms with Crippen LogP contribution in [0.1, 0.15) is 29.7 Å². The second-order valence-electron chi connectivity index (χ2n) is 7.85. The van der Waals surface area contributed by atoms with Gasteiger partial charge in [0.15, 0.2) is 0 Å². The van der Waals surface area contributed by atoms with E-state index >= 15 is 0 Å². The van der Waals surface area contributed by atoms with Crippen molar-refractivity contribution in [2.75, 3.05) is 13.1 Å². The minimum atomic E-state index is -5.02. The third kappa shape index (κ3) is 7.54. The topological polar surface area (TPSA) is 99.6 Å². The predicted octanol–water partition coefficient (Wildman–Crippen LogP) is 4.97. The second-order valence-corrected chi connectivity index (χ2v) is 9.53. The molecule has 0 saturated carbocycles. The number of thioether (sulfide) groups is 1. The molecule has 38 heavy (non-hydrogen) atoms. The van der Waals surface area contributed by atoms with Crippen molar-refractivity contribution in [2.45, 2.75) is 25.2 Å². The number of halogens is 6. The lowest BCUT2D eigenvalue weighted by molar-refractivity contribution is -0.143. The maximum Gasteiger partial charge on any atom is 0.416 e. The molecule has 0 unspecified atom stereocenters. The van der Waals surface area contributed by atoms with Crippen molar-refractivity contribution < 1.29 is 45.8 Å². The van der Waals surface area contributed by atoms with Crippen molar-refractivity contribution in [3.05, 3.63) is 58.1 Å². The predicted molar refractivity (Wildman–Crippen MR) is 129 cm³/mol. The molecule has 0 aliphatic carbocycles. The summed E-state index contributed by atoms with van der Waals surface area (Å²) in [5.74, 6) is -2.23. The van der Waals surface area contributed by atoms with E-state index in [9.17, 15) is 40.7 Å². The Labute approximate surface area is 220 Å². The summed E-state index contributed by atoms with van der Waals surface area (Å²) < 4.78 is 79.5. The van der Waals surface area contributed by atoms with Crippen LogP contribution >= 0.6 is 24.0 Å². The molecule has 0 atom stereocenters. The standard InChI is InChI=1S/C23H17F6N3O4S2/c24-22(25,26)13-7-12(8-14(9-13)23(27,28)29)16-4-1-3-15(31-16)10-17-20(36)32(21(37)38-17)6-2-5-18(33)30-11-19(34)35/h1,3-4,7-10H,2,5-6,11H2,(H,30,33)(H,34,35). The third-order valence-corrected chi connectivity index (χ3v) is 6.41. The number of aliphatic carboxylic acids is 1. The van der Waals surface area contributed by atoms with Crippen LogP contribution in [0.4, 0.5) is 26.3 Å². The van der Waals surface area contributed by atoms with E-state index in [4.69, 9.17) is 17.3 Å². The van der Waals surface area contributed by atoms with E-state index in [1.807, 2.05) is 0 Å². The Hall–Kier alpha value is -3.46. The van der Waals surface area contributed by atoms with Gasteiger partial charge in [-0.3, -0.25) is 19.3 Å². The molecular weight excluding hydrogens is 560 g/mol. The number of benzene rings is 1. The summed E-state index contributed by atoms with van der Waals surface area (Å²) in [7, 11) is 0. The average molecular weight is 578 g/mol. The zero-order valence-electron chi connectivity index (χ0n) is 19.0. The van der Waals surface area contributed by atoms with Crippen molar-refractivity contribution in [3.8, 4) is 11.3 Å². The highest BCUT2D eigenvalue weighted by molar-refractivity contribution is 8.26. The molecule has 1 aromatic heterocycles. The first-order chi connectivity index (χ1) is 17.6. The number of amides is 2. The molecule has 0 radical (unpaired) electrons. The van der Waals surface area contributed by atoms with Crippen LogP contribution in [-0.4, -0.2) is 50.2 Å². The van der Waals surface area contributed by atoms with Crippen LogP contribution in [0.3, 0.4) is 0 Å². The van der Waals surface area contributed by atoms with Crippen molar-refractivity contribution in [1.82, 2.24) is 15.2 Å². The molecule has 15 heteroatoms. The first-order valence-corrected chi connectivity index (χ1v) is 11.9. The fourth-order valence-corrected chi connectivity index (χ4v) is 4.58. The van der Waals surface area contributed by atoms with E-state index in [1.54, 1.807) is 0 Å². The SMILES string of the molecule is O=C(O)CNC(=O)CCCN1C(=O)C(=Cc2cccc(-c3cc(C(F)(F)F)cc(C(F)(F)F)c3)n2)SC1=S. The van der Waals surface area contributed by atoms with Crippen LogP contribution in [0, 0.1) is 0 Å². The number of carboxylic acid groups (broad SMARTS) is 1. The Morgan fingerprint density at radius 1 is 1.08 bits per heavy atom. The number of alkyl halides is 6. The molecule has 2 heterocycles. The van der Waals surface area contributed by atoms with E-state index in [0.29, 0.717) is 12.1 Å². The maximum absolute atomic E-state index is 13.2. The minimum Gasteiger partial charge on any atom is -0.480 e. The van der Waals surface area contributed by atoms with Crippen molar-refractivity contribution in [2.24, 2.45) is 0 Å². The highest BCUT2D eigenvalue weighted by Crippen LogP contribution is 2.38. The highest BCUT2D eigenvalue weighted by atomic mass is 32.2. The first-order valence-electron chi connectivity index (χ1n) is 10.7. The summed E-state index contributed by atoms with van der Waals surface area (Å²) in [5.41, 5.74) is -3.43. The van der Waals surface area contributed by atoms with E-state index in [2.05, 4.69) is 10.3 Å². The zero-order chi connectivity index (χ0) is 28.3. The summed E-state index contributed by atoms with van der Waals surface area (Å²) >= 11 is 6.11.